The van der Waals surface area contributed by atoms with Crippen molar-refractivity contribution in [2.75, 3.05) is 20.7 Å². The van der Waals surface area contributed by atoms with Gasteiger partial charge in [0, 0.05) is 44.3 Å². The molecular weight excluding hydrogens is 879 g/mol. The number of aromatic amines is 1. The molecule has 0 spiro atoms. The molecule has 21 heteroatoms. The second kappa shape index (κ2) is 33.3. The van der Waals surface area contributed by atoms with Gasteiger partial charge in [-0.3, -0.25) is 24.2 Å². The Bertz CT molecular complexity index is 2000. The summed E-state index contributed by atoms with van der Waals surface area (Å²) < 4.78 is 12.2. The molecule has 4 aromatic rings. The first-order valence-electron chi connectivity index (χ1n) is 23.0. The maximum absolute atomic E-state index is 12.2. The number of amides is 3. The number of phenols is 1. The van der Waals surface area contributed by atoms with Crippen LogP contribution in [0.5, 0.6) is 5.75 Å². The molecule has 21 nitrogen and oxygen atoms in total. The monoisotopic (exact) mass is 952 g/mol. The van der Waals surface area contributed by atoms with Crippen LogP contribution in [0, 0.1) is 19.8 Å². The number of aliphatic hydroxyl groups is 1. The molecule has 1 aromatic carbocycles. The Morgan fingerprint density at radius 2 is 1.66 bits per heavy atom. The summed E-state index contributed by atoms with van der Waals surface area (Å²) in [5.74, 6) is -0.742. The van der Waals surface area contributed by atoms with Crippen molar-refractivity contribution < 1.29 is 48.8 Å². The number of rotatable bonds is 13. The highest BCUT2D eigenvalue weighted by Gasteiger charge is 2.33. The van der Waals surface area contributed by atoms with E-state index in [0.29, 0.717) is 47.4 Å². The number of aliphatic carboxylic acids is 1. The summed E-state index contributed by atoms with van der Waals surface area (Å²) >= 11 is 0. The molecule has 4 heterocycles. The number of carboxylic acids is 1. The average Bonchev–Trinajstić information content (AvgIpc) is 4.05. The fraction of sp³-hybridized carbons (Fsp3) is 0.574. The van der Waals surface area contributed by atoms with Crippen LogP contribution in [0.1, 0.15) is 140 Å². The minimum absolute atomic E-state index is 0.0438. The van der Waals surface area contributed by atoms with Crippen molar-refractivity contribution >= 4 is 30.5 Å². The number of carbonyl (C=O) groups is 5. The van der Waals surface area contributed by atoms with E-state index in [1.165, 1.54) is 68.9 Å². The highest BCUT2D eigenvalue weighted by Crippen LogP contribution is 2.31. The number of nitrogens with two attached hydrogens (primary N) is 2. The number of nitrogens with zero attached hydrogens (tertiary/aromatic N) is 6. The molecular formula is C47H73N11O10. The number of carbonyl (C=O) groups excluding carboxylic acids is 4. The molecule has 2 aliphatic carbocycles. The third-order valence-corrected chi connectivity index (χ3v) is 11.3. The number of phenolic OH excluding ortho intramolecular Hbond substituents is 1. The number of aromatic hydroxyl groups is 1. The van der Waals surface area contributed by atoms with Gasteiger partial charge < -0.3 is 46.9 Å². The number of ether oxygens (including phenoxy) is 2. The van der Waals surface area contributed by atoms with Gasteiger partial charge in [-0.05, 0) is 101 Å². The van der Waals surface area contributed by atoms with Gasteiger partial charge in [-0.15, -0.1) is 5.10 Å². The number of primary amides is 2. The number of aryl methyl sites for hydroxylation is 2. The molecule has 7 rings (SSSR count). The first-order chi connectivity index (χ1) is 32.6. The zero-order valence-corrected chi connectivity index (χ0v) is 40.1. The fourth-order valence-corrected chi connectivity index (χ4v) is 7.62. The zero-order valence-electron chi connectivity index (χ0n) is 40.1. The fourth-order valence-electron chi connectivity index (χ4n) is 7.62. The highest BCUT2D eigenvalue weighted by atomic mass is 16.5. The molecule has 2 saturated carbocycles. The third kappa shape index (κ3) is 23.0. The lowest BCUT2D eigenvalue weighted by Crippen LogP contribution is -2.42. The van der Waals surface area contributed by atoms with Gasteiger partial charge in [0.05, 0.1) is 42.1 Å². The summed E-state index contributed by atoms with van der Waals surface area (Å²) in [6, 6.07) is 8.39. The van der Waals surface area contributed by atoms with Gasteiger partial charge in [0.15, 0.2) is 12.4 Å². The van der Waals surface area contributed by atoms with Crippen molar-refractivity contribution in [3.8, 4) is 5.75 Å². The van der Waals surface area contributed by atoms with Crippen LogP contribution >= 0.6 is 0 Å². The number of pyridine rings is 1. The van der Waals surface area contributed by atoms with Crippen LogP contribution in [-0.4, -0.2) is 126 Å². The van der Waals surface area contributed by atoms with Crippen LogP contribution in [0.25, 0.3) is 0 Å². The average molecular weight is 952 g/mol. The van der Waals surface area contributed by atoms with E-state index in [-0.39, 0.29) is 49.6 Å². The van der Waals surface area contributed by atoms with Gasteiger partial charge in [-0.2, -0.15) is 15.4 Å². The molecule has 0 bridgehead atoms. The molecule has 0 radical (unpaired) electrons. The second-order valence-electron chi connectivity index (χ2n) is 16.8. The lowest BCUT2D eigenvalue weighted by molar-refractivity contribution is -0.165. The Morgan fingerprint density at radius 3 is 2.16 bits per heavy atom. The number of hydrogen-bond donors (Lipinski definition) is 8. The Morgan fingerprint density at radius 1 is 1.01 bits per heavy atom. The van der Waals surface area contributed by atoms with E-state index >= 15 is 0 Å². The van der Waals surface area contributed by atoms with Gasteiger partial charge >= 0.3 is 5.97 Å². The van der Waals surface area contributed by atoms with Crippen molar-refractivity contribution in [3.63, 3.8) is 0 Å². The number of benzene rings is 1. The molecule has 10 N–H and O–H groups in total. The Labute approximate surface area is 398 Å². The molecule has 3 aromatic heterocycles. The molecule has 1 aliphatic heterocycles. The van der Waals surface area contributed by atoms with E-state index in [4.69, 9.17) is 25.1 Å². The first kappa shape index (κ1) is 58.0. The van der Waals surface area contributed by atoms with Crippen LogP contribution < -0.4 is 22.1 Å². The van der Waals surface area contributed by atoms with Gasteiger partial charge in [-0.25, -0.2) is 9.48 Å². The van der Waals surface area contributed by atoms with E-state index in [1.807, 2.05) is 27.3 Å². The smallest absolute Gasteiger partial charge is 0.332 e. The Kier molecular flexibility index (Phi) is 28.4. The van der Waals surface area contributed by atoms with Gasteiger partial charge in [0.1, 0.15) is 18.0 Å². The maximum Gasteiger partial charge on any atom is 0.332 e. The summed E-state index contributed by atoms with van der Waals surface area (Å²) in [7, 11) is 3.63. The summed E-state index contributed by atoms with van der Waals surface area (Å²) in [4.78, 5) is 56.0. The summed E-state index contributed by atoms with van der Waals surface area (Å²) in [5, 5.41) is 52.7. The van der Waals surface area contributed by atoms with Crippen molar-refractivity contribution in [2.45, 2.75) is 148 Å². The number of H-pyrrole nitrogens is 1. The highest BCUT2D eigenvalue weighted by molar-refractivity contribution is 5.94. The predicted molar refractivity (Wildman–Crippen MR) is 253 cm³/mol. The molecule has 68 heavy (non-hydrogen) atoms. The third-order valence-electron chi connectivity index (χ3n) is 11.3. The van der Waals surface area contributed by atoms with Crippen LogP contribution in [0.4, 0.5) is 0 Å². The van der Waals surface area contributed by atoms with Crippen LogP contribution in [0.2, 0.25) is 0 Å². The first-order valence-corrected chi connectivity index (χ1v) is 23.0. The molecule has 3 amide bonds. The van der Waals surface area contributed by atoms with Crippen LogP contribution in [-0.2, 0) is 36.9 Å². The minimum atomic E-state index is -0.984. The van der Waals surface area contributed by atoms with Gasteiger partial charge in [0.2, 0.25) is 12.3 Å². The number of aliphatic hydroxyl groups excluding tert-OH is 1. The Hall–Kier alpha value is -6.16. The molecule has 3 aliphatic rings. The predicted octanol–water partition coefficient (Wildman–Crippen LogP) is 4.05. The largest absolute Gasteiger partial charge is 0.507 e. The number of hydrogen-bond acceptors (Lipinski definition) is 15. The van der Waals surface area contributed by atoms with Crippen molar-refractivity contribution in [2.24, 2.45) is 17.4 Å². The summed E-state index contributed by atoms with van der Waals surface area (Å²) in [6.07, 6.45) is 19.6. The minimum Gasteiger partial charge on any atom is -0.507 e. The van der Waals surface area contributed by atoms with Gasteiger partial charge in [-0.1, -0.05) is 56.7 Å². The van der Waals surface area contributed by atoms with Crippen LogP contribution in [0.3, 0.4) is 0 Å². The number of aromatic nitrogens is 7. The maximum atomic E-state index is 12.2. The number of methoxy groups -OCH3 is 1. The van der Waals surface area contributed by atoms with E-state index in [2.05, 4.69) is 47.1 Å². The molecule has 4 atom stereocenters. The quantitative estimate of drug-likeness (QED) is 0.0876. The van der Waals surface area contributed by atoms with Crippen LogP contribution in [0.15, 0.2) is 48.9 Å². The number of nitrogens with one attached hydrogen (secondary N) is 3. The normalized spacial score (nSPS) is 18.2. The standard InChI is InChI=1S/C19H27NO6.C8H13N3.C7H14O.C6H11N5O.C6H5NO.CH3NO/c1-10-4-5-15(19(24)25)26-16(10)8-14(21)9-20-18(23)13-6-11(2)17(22)12(3)7-13;1-2-4-7(5-3-1)8-6-9-11-10-8;1-8-7-5-3-2-4-6-7;1-8-2-5-3-11(10-9-5)4-6(7)12;8-5-6-3-1-2-4-7-6;2-1-3/h6-7,10,14-16,21-22H,4-5,8-9H2,1-3H3,(H,20,23)(H,24,25);6-7H,1-5H2,(H,9,10,11);7H,2-6H2,1H3;3,8H,2,4H2,1H3,(H2,7,12);1-5H;1H,(H2,2,3). The number of carboxylic acid groups (broad SMARTS) is 1. The zero-order chi connectivity index (χ0) is 50.3. The molecule has 376 valence electrons. The second-order valence-corrected chi connectivity index (χ2v) is 16.8. The molecule has 1 saturated heterocycles. The van der Waals surface area contributed by atoms with E-state index in [1.54, 1.807) is 56.6 Å². The van der Waals surface area contributed by atoms with E-state index < -0.39 is 24.1 Å². The van der Waals surface area contributed by atoms with Gasteiger partial charge in [0.25, 0.3) is 5.91 Å². The molecule has 4 unspecified atom stereocenters. The lowest BCUT2D eigenvalue weighted by Gasteiger charge is -2.34. The SMILES string of the molecule is CNCc1cn(CC(N)=O)nn1.COC1CCCCC1.Cc1cc(C(=O)NCC(O)CC2OC(C(=O)O)CCC2C)cc(C)c1O.NC=O.O=Cc1ccccn1.c1n[nH]nc1C1CCCCC1. The molecule has 3 fully saturated rings. The van der Waals surface area contributed by atoms with Crippen molar-refractivity contribution in [1.82, 2.24) is 46.0 Å². The topological polar surface area (TPSA) is 326 Å². The van der Waals surface area contributed by atoms with Crippen molar-refractivity contribution in [3.05, 3.63) is 82.7 Å². The van der Waals surface area contributed by atoms with E-state index in [0.717, 1.165) is 24.1 Å². The number of aldehydes is 1. The van der Waals surface area contributed by atoms with Crippen molar-refractivity contribution in [1.29, 1.82) is 0 Å². The lowest BCUT2D eigenvalue weighted by atomic mass is 9.87. The Balaban J connectivity index is 0.000000314. The van der Waals surface area contributed by atoms with E-state index in [9.17, 15) is 29.4 Å². The summed E-state index contributed by atoms with van der Waals surface area (Å²) in [6.45, 7) is 6.16. The summed E-state index contributed by atoms with van der Waals surface area (Å²) in [5.41, 5.74) is 13.2.